The molecule has 0 atom stereocenters. The minimum absolute atomic E-state index is 0.189. The molecular formula is C19H20BrClFN5O2. The molecule has 2 aromatic carbocycles. The van der Waals surface area contributed by atoms with Crippen LogP contribution in [0.15, 0.2) is 34.8 Å². The van der Waals surface area contributed by atoms with Crippen LogP contribution in [0.1, 0.15) is 25.0 Å². The third-order valence-electron chi connectivity index (χ3n) is 4.08. The number of tetrazole rings is 1. The normalized spacial score (nSPS) is 10.8. The molecule has 1 N–H and O–H groups in total. The molecule has 0 aliphatic heterocycles. The molecule has 1 heterocycles. The van der Waals surface area contributed by atoms with Crippen LogP contribution in [0.25, 0.3) is 0 Å². The molecule has 0 bridgehead atoms. The number of hydrogen-bond acceptors (Lipinski definition) is 6. The second-order valence-electron chi connectivity index (χ2n) is 6.02. The lowest BCUT2D eigenvalue weighted by Crippen LogP contribution is -2.09. The van der Waals surface area contributed by atoms with Crippen molar-refractivity contribution in [2.45, 2.75) is 33.5 Å². The summed E-state index contributed by atoms with van der Waals surface area (Å²) in [7, 11) is 0. The van der Waals surface area contributed by atoms with Gasteiger partial charge >= 0.3 is 0 Å². The zero-order valence-corrected chi connectivity index (χ0v) is 18.3. The van der Waals surface area contributed by atoms with Crippen LogP contribution in [0.4, 0.5) is 10.3 Å². The zero-order chi connectivity index (χ0) is 20.8. The summed E-state index contributed by atoms with van der Waals surface area (Å²) in [6.07, 6.45) is 0. The van der Waals surface area contributed by atoms with Crippen molar-refractivity contribution >= 4 is 33.5 Å². The lowest BCUT2D eigenvalue weighted by molar-refractivity contribution is 0.269. The largest absolute Gasteiger partial charge is 0.490 e. The fourth-order valence-corrected chi connectivity index (χ4v) is 3.29. The van der Waals surface area contributed by atoms with Crippen molar-refractivity contribution < 1.29 is 13.9 Å². The number of halogens is 3. The lowest BCUT2D eigenvalue weighted by atomic mass is 10.2. The number of ether oxygens (including phenoxy) is 2. The van der Waals surface area contributed by atoms with Gasteiger partial charge < -0.3 is 14.8 Å². The van der Waals surface area contributed by atoms with Gasteiger partial charge in [-0.05, 0) is 54.1 Å². The quantitative estimate of drug-likeness (QED) is 0.469. The third-order valence-corrected chi connectivity index (χ3v) is 5.17. The van der Waals surface area contributed by atoms with E-state index in [-0.39, 0.29) is 12.4 Å². The van der Waals surface area contributed by atoms with Crippen LogP contribution in [0.5, 0.6) is 11.5 Å². The molecule has 0 saturated heterocycles. The van der Waals surface area contributed by atoms with E-state index in [4.69, 9.17) is 21.1 Å². The smallest absolute Gasteiger partial charge is 0.243 e. The van der Waals surface area contributed by atoms with Crippen molar-refractivity contribution in [3.8, 4) is 11.5 Å². The van der Waals surface area contributed by atoms with Crippen LogP contribution >= 0.6 is 27.5 Å². The Morgan fingerprint density at radius 3 is 2.66 bits per heavy atom. The Labute approximate surface area is 181 Å². The molecule has 154 valence electrons. The van der Waals surface area contributed by atoms with Gasteiger partial charge in [-0.1, -0.05) is 38.7 Å². The van der Waals surface area contributed by atoms with Gasteiger partial charge in [0.05, 0.1) is 11.6 Å². The maximum atomic E-state index is 13.2. The second-order valence-corrected chi connectivity index (χ2v) is 7.28. The highest BCUT2D eigenvalue weighted by molar-refractivity contribution is 9.10. The van der Waals surface area contributed by atoms with Gasteiger partial charge in [-0.15, -0.1) is 0 Å². The molecular weight excluding hydrogens is 465 g/mol. The summed E-state index contributed by atoms with van der Waals surface area (Å²) in [5.41, 5.74) is 1.63. The first-order chi connectivity index (χ1) is 14.0. The van der Waals surface area contributed by atoms with Crippen LogP contribution in [0, 0.1) is 5.82 Å². The molecule has 1 aromatic heterocycles. The van der Waals surface area contributed by atoms with Crippen molar-refractivity contribution in [1.29, 1.82) is 0 Å². The molecule has 0 aliphatic rings. The van der Waals surface area contributed by atoms with Gasteiger partial charge in [-0.25, -0.2) is 9.07 Å². The predicted octanol–water partition coefficient (Wildman–Crippen LogP) is 4.84. The Balaban J connectivity index is 1.76. The fraction of sp³-hybridized carbons (Fsp3) is 0.316. The number of aryl methyl sites for hydroxylation is 1. The summed E-state index contributed by atoms with van der Waals surface area (Å²) >= 11 is 9.65. The number of nitrogens with one attached hydrogen (secondary N) is 1. The summed E-state index contributed by atoms with van der Waals surface area (Å²) in [5.74, 6) is 1.35. The fourth-order valence-electron chi connectivity index (χ4n) is 2.61. The number of anilines is 1. The van der Waals surface area contributed by atoms with Crippen LogP contribution in [-0.4, -0.2) is 26.8 Å². The SMILES string of the molecule is CCOc1cc(CNc2nnnn2CC)c(Br)cc1OCc1ccc(F)cc1Cl. The highest BCUT2D eigenvalue weighted by Gasteiger charge is 2.13. The van der Waals surface area contributed by atoms with E-state index in [0.29, 0.717) is 47.7 Å². The van der Waals surface area contributed by atoms with Crippen LogP contribution in [-0.2, 0) is 19.7 Å². The number of hydrogen-bond donors (Lipinski definition) is 1. The number of aromatic nitrogens is 4. The summed E-state index contributed by atoms with van der Waals surface area (Å²) in [6, 6.07) is 7.94. The van der Waals surface area contributed by atoms with E-state index in [2.05, 4.69) is 36.8 Å². The van der Waals surface area contributed by atoms with Gasteiger partial charge in [-0.3, -0.25) is 0 Å². The van der Waals surface area contributed by atoms with Gasteiger partial charge in [-0.2, -0.15) is 0 Å². The molecule has 29 heavy (non-hydrogen) atoms. The van der Waals surface area contributed by atoms with E-state index in [1.807, 2.05) is 26.0 Å². The molecule has 0 amide bonds. The van der Waals surface area contributed by atoms with Crippen molar-refractivity contribution in [3.05, 3.63) is 56.8 Å². The Hall–Kier alpha value is -2.39. The minimum atomic E-state index is -0.387. The Morgan fingerprint density at radius 1 is 1.14 bits per heavy atom. The first-order valence-corrected chi connectivity index (χ1v) is 10.2. The average molecular weight is 485 g/mol. The second kappa shape index (κ2) is 9.89. The number of nitrogens with zero attached hydrogens (tertiary/aromatic N) is 4. The van der Waals surface area contributed by atoms with E-state index >= 15 is 0 Å². The average Bonchev–Trinajstić information content (AvgIpc) is 3.15. The van der Waals surface area contributed by atoms with E-state index in [1.165, 1.54) is 12.1 Å². The molecule has 0 aliphatic carbocycles. The molecule has 0 spiro atoms. The van der Waals surface area contributed by atoms with Crippen molar-refractivity contribution in [2.24, 2.45) is 0 Å². The summed E-state index contributed by atoms with van der Waals surface area (Å²) in [5, 5.41) is 15.1. The summed E-state index contributed by atoms with van der Waals surface area (Å²) in [6.45, 7) is 5.69. The molecule has 10 heteroatoms. The molecule has 0 fully saturated rings. The Kier molecular flexibility index (Phi) is 7.27. The first kappa shape index (κ1) is 21.3. The maximum Gasteiger partial charge on any atom is 0.243 e. The zero-order valence-electron chi connectivity index (χ0n) is 16.0. The van der Waals surface area contributed by atoms with Gasteiger partial charge in [0.2, 0.25) is 5.95 Å². The van der Waals surface area contributed by atoms with Gasteiger partial charge in [0, 0.05) is 23.1 Å². The summed E-state index contributed by atoms with van der Waals surface area (Å²) < 4.78 is 27.4. The van der Waals surface area contributed by atoms with Gasteiger partial charge in [0.1, 0.15) is 12.4 Å². The molecule has 0 unspecified atom stereocenters. The third kappa shape index (κ3) is 5.36. The molecule has 7 nitrogen and oxygen atoms in total. The monoisotopic (exact) mass is 483 g/mol. The van der Waals surface area contributed by atoms with Crippen molar-refractivity contribution in [2.75, 3.05) is 11.9 Å². The Bertz CT molecular complexity index is 985. The molecule has 0 radical (unpaired) electrons. The van der Waals surface area contributed by atoms with E-state index < -0.39 is 0 Å². The molecule has 3 rings (SSSR count). The van der Waals surface area contributed by atoms with Crippen LogP contribution in [0.2, 0.25) is 5.02 Å². The molecule has 0 saturated carbocycles. The standard InChI is InChI=1S/C19H20BrClFN5O2/c1-3-27-19(24-25-26-27)23-10-13-7-17(28-4-2)18(9-15(13)20)29-11-12-5-6-14(22)8-16(12)21/h5-9H,3-4,10-11H2,1-2H3,(H,23,24,26). The topological polar surface area (TPSA) is 74.1 Å². The van der Waals surface area contributed by atoms with Gasteiger partial charge in [0.25, 0.3) is 0 Å². The first-order valence-electron chi connectivity index (χ1n) is 9.03. The van der Waals surface area contributed by atoms with Crippen molar-refractivity contribution in [1.82, 2.24) is 20.2 Å². The highest BCUT2D eigenvalue weighted by Crippen LogP contribution is 2.35. The van der Waals surface area contributed by atoms with Gasteiger partial charge in [0.15, 0.2) is 11.5 Å². The minimum Gasteiger partial charge on any atom is -0.490 e. The van der Waals surface area contributed by atoms with Crippen LogP contribution in [0.3, 0.4) is 0 Å². The lowest BCUT2D eigenvalue weighted by Gasteiger charge is -2.16. The summed E-state index contributed by atoms with van der Waals surface area (Å²) in [4.78, 5) is 0. The van der Waals surface area contributed by atoms with Crippen molar-refractivity contribution in [3.63, 3.8) is 0 Å². The maximum absolute atomic E-state index is 13.2. The van der Waals surface area contributed by atoms with Crippen LogP contribution < -0.4 is 14.8 Å². The number of rotatable bonds is 9. The van der Waals surface area contributed by atoms with E-state index in [9.17, 15) is 4.39 Å². The van der Waals surface area contributed by atoms with E-state index in [1.54, 1.807) is 10.7 Å². The number of benzene rings is 2. The predicted molar refractivity (Wildman–Crippen MR) is 112 cm³/mol. The molecule has 3 aromatic rings. The Morgan fingerprint density at radius 2 is 1.93 bits per heavy atom. The van der Waals surface area contributed by atoms with E-state index in [0.717, 1.165) is 10.0 Å². The highest BCUT2D eigenvalue weighted by atomic mass is 79.9.